The average Bonchev–Trinajstić information content (AvgIpc) is 3.26. The molecular formula is C55H45NS2. The summed E-state index contributed by atoms with van der Waals surface area (Å²) in [5.74, 6) is 0. The van der Waals surface area contributed by atoms with Gasteiger partial charge in [-0.2, -0.15) is 0 Å². The van der Waals surface area contributed by atoms with Crippen molar-refractivity contribution in [2.75, 3.05) is 4.90 Å². The molecule has 0 bridgehead atoms. The van der Waals surface area contributed by atoms with Gasteiger partial charge in [0, 0.05) is 25.3 Å². The molecule has 1 aliphatic heterocycles. The normalized spacial score (nSPS) is 11.9. The molecule has 9 rings (SSSR count). The molecule has 8 aromatic carbocycles. The summed E-state index contributed by atoms with van der Waals surface area (Å²) in [6, 6.07) is 69.1. The van der Waals surface area contributed by atoms with Crippen molar-refractivity contribution in [3.05, 3.63) is 233 Å². The van der Waals surface area contributed by atoms with E-state index in [4.69, 9.17) is 0 Å². The molecule has 1 aliphatic rings. The summed E-state index contributed by atoms with van der Waals surface area (Å²) < 4.78 is 0. The number of benzene rings is 8. The Kier molecular flexibility index (Phi) is 12.2. The van der Waals surface area contributed by atoms with Crippen molar-refractivity contribution in [3.8, 4) is 11.1 Å². The molecule has 0 radical (unpaired) electrons. The van der Waals surface area contributed by atoms with Gasteiger partial charge < -0.3 is 4.90 Å². The van der Waals surface area contributed by atoms with Crippen LogP contribution in [0.2, 0.25) is 0 Å². The number of hydrogen-bond donors (Lipinski definition) is 0. The fourth-order valence-electron chi connectivity index (χ4n) is 6.94. The van der Waals surface area contributed by atoms with Crippen molar-refractivity contribution in [2.24, 2.45) is 0 Å². The van der Waals surface area contributed by atoms with Crippen LogP contribution in [0.1, 0.15) is 38.9 Å². The van der Waals surface area contributed by atoms with Crippen molar-refractivity contribution in [2.45, 2.75) is 40.4 Å². The van der Waals surface area contributed by atoms with Crippen LogP contribution in [0.15, 0.2) is 214 Å². The third kappa shape index (κ3) is 9.46. The second-order valence-electron chi connectivity index (χ2n) is 14.4. The van der Waals surface area contributed by atoms with Gasteiger partial charge in [-0.1, -0.05) is 199 Å². The van der Waals surface area contributed by atoms with Crippen molar-refractivity contribution < 1.29 is 0 Å². The van der Waals surface area contributed by atoms with E-state index < -0.39 is 0 Å². The molecule has 8 aromatic rings. The maximum atomic E-state index is 2.37. The summed E-state index contributed by atoms with van der Waals surface area (Å²) in [7, 11) is 0. The lowest BCUT2D eigenvalue weighted by Gasteiger charge is -2.32. The first-order valence-electron chi connectivity index (χ1n) is 19.7. The molecule has 1 nitrogen and oxygen atoms in total. The molecule has 0 spiro atoms. The predicted octanol–water partition coefficient (Wildman–Crippen LogP) is 16.4. The molecular weight excluding hydrogens is 739 g/mol. The largest absolute Gasteiger partial charge is 0.308 e. The number of para-hydroxylation sites is 2. The second-order valence-corrected chi connectivity index (χ2v) is 16.6. The van der Waals surface area contributed by atoms with E-state index in [1.165, 1.54) is 81.0 Å². The lowest BCUT2D eigenvalue weighted by atomic mass is 10.0. The summed E-state index contributed by atoms with van der Waals surface area (Å²) >= 11 is 3.68. The van der Waals surface area contributed by atoms with Gasteiger partial charge in [0.15, 0.2) is 0 Å². The van der Waals surface area contributed by atoms with E-state index in [1.54, 1.807) is 0 Å². The molecule has 0 unspecified atom stereocenters. The van der Waals surface area contributed by atoms with E-state index in [2.05, 4.69) is 244 Å². The molecule has 0 atom stereocenters. The Morgan fingerprint density at radius 1 is 0.397 bits per heavy atom. The number of anilines is 3. The van der Waals surface area contributed by atoms with Gasteiger partial charge >= 0.3 is 0 Å². The Balaban J connectivity index is 0.000000263. The predicted molar refractivity (Wildman–Crippen MR) is 253 cm³/mol. The lowest BCUT2D eigenvalue weighted by molar-refractivity contribution is 1.16. The van der Waals surface area contributed by atoms with Crippen molar-refractivity contribution >= 4 is 64.9 Å². The molecule has 58 heavy (non-hydrogen) atoms. The molecule has 0 saturated heterocycles. The second kappa shape index (κ2) is 18.3. The van der Waals surface area contributed by atoms with Crippen LogP contribution in [0.25, 0.3) is 35.4 Å². The first kappa shape index (κ1) is 38.6. The van der Waals surface area contributed by atoms with Crippen molar-refractivity contribution in [1.29, 1.82) is 0 Å². The minimum absolute atomic E-state index is 1.16. The molecule has 0 amide bonds. The minimum atomic E-state index is 1.16. The molecule has 1 heterocycles. The van der Waals surface area contributed by atoms with Gasteiger partial charge in [0.2, 0.25) is 0 Å². The highest BCUT2D eigenvalue weighted by Crippen LogP contribution is 2.51. The van der Waals surface area contributed by atoms with E-state index in [0.717, 1.165) is 5.69 Å². The molecule has 0 aromatic heterocycles. The minimum Gasteiger partial charge on any atom is -0.308 e. The Hall–Kier alpha value is -6.26. The van der Waals surface area contributed by atoms with E-state index in [1.807, 2.05) is 23.5 Å². The first-order chi connectivity index (χ1) is 28.5. The Bertz CT molecular complexity index is 2620. The van der Waals surface area contributed by atoms with E-state index in [0.29, 0.717) is 0 Å². The maximum Gasteiger partial charge on any atom is 0.0601 e. The summed E-state index contributed by atoms with van der Waals surface area (Å²) in [4.78, 5) is 7.60. The van der Waals surface area contributed by atoms with Crippen LogP contribution in [-0.4, -0.2) is 0 Å². The summed E-state index contributed by atoms with van der Waals surface area (Å²) in [6.07, 6.45) is 8.73. The van der Waals surface area contributed by atoms with Crippen LogP contribution in [0.4, 0.5) is 17.1 Å². The number of aryl methyl sites for hydroxylation is 3. The lowest BCUT2D eigenvalue weighted by Crippen LogP contribution is -2.14. The van der Waals surface area contributed by atoms with E-state index >= 15 is 0 Å². The number of rotatable bonds is 8. The zero-order valence-corrected chi connectivity index (χ0v) is 34.7. The molecule has 0 saturated carbocycles. The zero-order chi connectivity index (χ0) is 39.7. The topological polar surface area (TPSA) is 3.24 Å². The highest BCUT2D eigenvalue weighted by Gasteiger charge is 2.24. The monoisotopic (exact) mass is 783 g/mol. The van der Waals surface area contributed by atoms with Crippen LogP contribution in [-0.2, 0) is 0 Å². The summed E-state index contributed by atoms with van der Waals surface area (Å²) in [5, 5.41) is 0. The molecule has 0 aliphatic carbocycles. The molecule has 0 fully saturated rings. The van der Waals surface area contributed by atoms with Crippen LogP contribution in [0, 0.1) is 20.8 Å². The first-order valence-corrected chi connectivity index (χ1v) is 21.3. The SMILES string of the molecule is Cc1cccc(/C=C/c2ccc(-c3ccc(/C=C/c4cccc(N5c6ccccc6Sc6ccccc65)c4)cc3)cc2)c1.Cc1ccccc1Sc1ccccc1C. The summed E-state index contributed by atoms with van der Waals surface area (Å²) in [6.45, 7) is 6.43. The van der Waals surface area contributed by atoms with Gasteiger partial charge in [-0.3, -0.25) is 0 Å². The zero-order valence-electron chi connectivity index (χ0n) is 33.0. The van der Waals surface area contributed by atoms with E-state index in [9.17, 15) is 0 Å². The van der Waals surface area contributed by atoms with Crippen LogP contribution >= 0.6 is 23.5 Å². The smallest absolute Gasteiger partial charge is 0.0601 e. The van der Waals surface area contributed by atoms with Crippen molar-refractivity contribution in [3.63, 3.8) is 0 Å². The quantitative estimate of drug-likeness (QED) is 0.141. The molecule has 3 heteroatoms. The third-order valence-corrected chi connectivity index (χ3v) is 12.6. The fraction of sp³-hybridized carbons (Fsp3) is 0.0545. The number of fused-ring (bicyclic) bond motifs is 2. The fourth-order valence-corrected chi connectivity index (χ4v) is 8.99. The van der Waals surface area contributed by atoms with Gasteiger partial charge in [-0.25, -0.2) is 0 Å². The summed E-state index contributed by atoms with van der Waals surface area (Å²) in [5.41, 5.74) is 14.8. The Morgan fingerprint density at radius 3 is 1.36 bits per heavy atom. The van der Waals surface area contributed by atoms with Crippen molar-refractivity contribution in [1.82, 2.24) is 0 Å². The van der Waals surface area contributed by atoms with Gasteiger partial charge in [-0.15, -0.1) is 0 Å². The van der Waals surface area contributed by atoms with Gasteiger partial charge in [0.25, 0.3) is 0 Å². The van der Waals surface area contributed by atoms with Crippen LogP contribution in [0.5, 0.6) is 0 Å². The standard InChI is InChI=1S/C41H31NS.C14H14S/c1-30-8-6-9-33(28-30)18-16-31-20-24-35(25-21-31)36-26-22-32(23-27-36)17-19-34-10-7-11-37(29-34)42-38-12-2-4-14-40(38)43-41-15-5-3-13-39(41)42;1-11-7-3-5-9-13(11)15-14-10-6-4-8-12(14)2/h2-29H,1H3;3-10H,1-2H3/b18-16+,19-17+;. The van der Waals surface area contributed by atoms with Gasteiger partial charge in [0.1, 0.15) is 0 Å². The highest BCUT2D eigenvalue weighted by atomic mass is 32.2. The van der Waals surface area contributed by atoms with Crippen LogP contribution in [0.3, 0.4) is 0 Å². The van der Waals surface area contributed by atoms with Gasteiger partial charge in [-0.05, 0) is 114 Å². The van der Waals surface area contributed by atoms with Gasteiger partial charge in [0.05, 0.1) is 11.4 Å². The highest BCUT2D eigenvalue weighted by molar-refractivity contribution is 8.00. The molecule has 282 valence electrons. The van der Waals surface area contributed by atoms with Crippen LogP contribution < -0.4 is 4.90 Å². The average molecular weight is 784 g/mol. The maximum absolute atomic E-state index is 2.37. The Labute approximate surface area is 352 Å². The van der Waals surface area contributed by atoms with E-state index in [-0.39, 0.29) is 0 Å². The third-order valence-electron chi connectivity index (χ3n) is 10.1. The number of hydrogen-bond acceptors (Lipinski definition) is 3. The molecule has 0 N–H and O–H groups in total. The Morgan fingerprint density at radius 2 is 0.845 bits per heavy atom. The number of nitrogens with zero attached hydrogens (tertiary/aromatic N) is 1.